The highest BCUT2D eigenvalue weighted by Gasteiger charge is 2.34. The number of hydrogen-bond acceptors (Lipinski definition) is 12. The summed E-state index contributed by atoms with van der Waals surface area (Å²) in [6, 6.07) is 0. The van der Waals surface area contributed by atoms with E-state index in [4.69, 9.17) is 58.7 Å². The topological polar surface area (TPSA) is 243 Å². The van der Waals surface area contributed by atoms with Crippen LogP contribution in [0.25, 0.3) is 0 Å². The molecule has 0 aliphatic rings. The molecule has 0 rings (SSSR count). The zero-order valence-electron chi connectivity index (χ0n) is 34.6. The van der Waals surface area contributed by atoms with Crippen LogP contribution in [-0.2, 0) is 0 Å². The molecule has 356 valence electrons. The number of rotatable bonds is 28. The van der Waals surface area contributed by atoms with Gasteiger partial charge in [-0.25, -0.2) is 0 Å². The van der Waals surface area contributed by atoms with Gasteiger partial charge in [-0.2, -0.15) is 25.2 Å². The molecule has 25 heteroatoms. The molecule has 0 heterocycles. The van der Waals surface area contributed by atoms with Crippen LogP contribution in [0.1, 0.15) is 182 Å². The van der Waals surface area contributed by atoms with Crippen LogP contribution in [0.5, 0.6) is 0 Å². The van der Waals surface area contributed by atoms with Crippen LogP contribution < -0.4 is 0 Å². The fraction of sp³-hybridized carbons (Fsp3) is 1.00. The van der Waals surface area contributed by atoms with E-state index in [1.165, 1.54) is 128 Å². The first-order valence-electron chi connectivity index (χ1n) is 19.5. The molecule has 0 aromatic rings. The van der Waals surface area contributed by atoms with E-state index in [0.29, 0.717) is 0 Å². The number of unbranched alkanes of at least 4 members (excludes halogenated alkanes) is 20. The zero-order chi connectivity index (χ0) is 45.8. The van der Waals surface area contributed by atoms with E-state index in [1.807, 2.05) is 0 Å². The summed E-state index contributed by atoms with van der Waals surface area (Å²) in [6.07, 6.45) is 42.1. The summed E-state index contributed by atoms with van der Waals surface area (Å²) in [4.78, 5) is 84.1. The lowest BCUT2D eigenvalue weighted by molar-refractivity contribution is 0.426. The normalized spacial score (nSPS) is 10.7. The van der Waals surface area contributed by atoms with Gasteiger partial charge < -0.3 is 58.7 Å². The fourth-order valence-corrected chi connectivity index (χ4v) is 10.5. The van der Waals surface area contributed by atoms with E-state index < -0.39 is 59.4 Å². The average molecular weight is 988 g/mol. The second kappa shape index (κ2) is 64.7. The third-order valence-corrected chi connectivity index (χ3v) is 13.0. The van der Waals surface area contributed by atoms with Gasteiger partial charge in [0.05, 0.1) is 24.6 Å². The Hall–Kier alpha value is 2.11. The van der Waals surface area contributed by atoms with Gasteiger partial charge in [0.15, 0.2) is 0 Å². The smallest absolute Gasteiger partial charge is 0.325 e. The van der Waals surface area contributed by atoms with E-state index in [1.54, 1.807) is 50.3 Å². The maximum absolute atomic E-state index is 10.2. The molecule has 0 bridgehead atoms. The van der Waals surface area contributed by atoms with Crippen molar-refractivity contribution in [3.05, 3.63) is 0 Å². The Morgan fingerprint density at radius 3 is 0.491 bits per heavy atom. The summed E-state index contributed by atoms with van der Waals surface area (Å²) in [6.45, 7) is 9.41. The van der Waals surface area contributed by atoms with Crippen molar-refractivity contribution in [1.29, 1.82) is 0 Å². The summed E-state index contributed by atoms with van der Waals surface area (Å²) in [7, 11) is -19.4. The lowest BCUT2D eigenvalue weighted by atomic mass is 10.1. The van der Waals surface area contributed by atoms with Gasteiger partial charge in [-0.15, -0.1) is 0 Å². The van der Waals surface area contributed by atoms with Crippen molar-refractivity contribution in [3.8, 4) is 0 Å². The zero-order valence-corrected chi connectivity index (χ0v) is 40.8. The van der Waals surface area contributed by atoms with E-state index in [2.05, 4.69) is 27.7 Å². The minimum Gasteiger partial charge on any atom is -0.325 e. The third-order valence-electron chi connectivity index (χ3n) is 7.94. The minimum atomic E-state index is -3.12. The van der Waals surface area contributed by atoms with Crippen LogP contribution in [0.2, 0.25) is 0 Å². The second-order valence-corrected chi connectivity index (χ2v) is 20.1. The van der Waals surface area contributed by atoms with Crippen molar-refractivity contribution in [1.82, 2.24) is 0 Å². The molecule has 0 aromatic heterocycles. The largest absolute Gasteiger partial charge is 0.369 e. The quantitative estimate of drug-likeness (QED) is 0.0199. The Labute approximate surface area is 348 Å². The van der Waals surface area contributed by atoms with Crippen LogP contribution in [0.4, 0.5) is 25.2 Å². The van der Waals surface area contributed by atoms with Crippen molar-refractivity contribution in [2.75, 3.05) is 24.6 Å². The Bertz CT molecular complexity index is 579. The van der Waals surface area contributed by atoms with E-state index in [9.17, 15) is 25.2 Å². The predicted molar refractivity (Wildman–Crippen MR) is 235 cm³/mol. The first kappa shape index (κ1) is 73.5. The van der Waals surface area contributed by atoms with E-state index >= 15 is 0 Å². The highest BCUT2D eigenvalue weighted by Crippen LogP contribution is 2.61. The van der Waals surface area contributed by atoms with Gasteiger partial charge in [-0.3, -0.25) is 0 Å². The molecule has 0 spiro atoms. The lowest BCUT2D eigenvalue weighted by Crippen LogP contribution is -2.13. The number of hydrogen-bond donors (Lipinski definition) is 12. The Balaban J connectivity index is -0.000000167. The minimum absolute atomic E-state index is 0.697. The summed E-state index contributed by atoms with van der Waals surface area (Å²) < 4.78 is 61.1. The Kier molecular flexibility index (Phi) is 83.5. The molecule has 0 aliphatic heterocycles. The molecule has 0 unspecified atom stereocenters. The first-order chi connectivity index (χ1) is 26.6. The van der Waals surface area contributed by atoms with Gasteiger partial charge in [0.25, 0.3) is 0 Å². The van der Waals surface area contributed by atoms with E-state index in [0.717, 1.165) is 0 Å². The molecule has 12 nitrogen and oxygen atoms in total. The van der Waals surface area contributed by atoms with Crippen molar-refractivity contribution < 1.29 is 83.9 Å². The average Bonchev–Trinajstić information content (AvgIpc) is 3.06. The molecule has 0 radical (unpaired) electrons. The maximum Gasteiger partial charge on any atom is 0.369 e. The summed E-state index contributed by atoms with van der Waals surface area (Å²) in [5.74, 6) is 0. The molecule has 0 aromatic carbocycles. The second-order valence-electron chi connectivity index (χ2n) is 12.8. The molecule has 0 amide bonds. The highest BCUT2D eigenvalue weighted by atomic mass is 31.2. The molecule has 0 saturated heterocycles. The standard InChI is InChI=1S/C32H68P.6FH2O2P/c1-5-9-13-17-18-19-20-21-22-23-24-28-32-33(29-25-14-10-6-2,30-26-15-11-7-3)31-27-16-12-8-4;6*1-4(2)3/h5-32H2,1-4H3;6*2-3H/q+1;;;;;;. The summed E-state index contributed by atoms with van der Waals surface area (Å²) in [5.41, 5.74) is 0. The van der Waals surface area contributed by atoms with Gasteiger partial charge in [0.2, 0.25) is 0 Å². The van der Waals surface area contributed by atoms with Crippen molar-refractivity contribution in [2.45, 2.75) is 182 Å². The van der Waals surface area contributed by atoms with Gasteiger partial charge >= 0.3 is 52.1 Å². The molecule has 0 fully saturated rings. The van der Waals surface area contributed by atoms with Crippen molar-refractivity contribution in [3.63, 3.8) is 0 Å². The summed E-state index contributed by atoms with van der Waals surface area (Å²) in [5, 5.41) is 0. The monoisotopic (exact) mass is 987 g/mol. The molecule has 57 heavy (non-hydrogen) atoms. The van der Waals surface area contributed by atoms with Crippen LogP contribution in [0.15, 0.2) is 0 Å². The SMILES string of the molecule is CCCCCCCCCCCCCC[P+](CCCCCC)(CCCCCC)CCCCCC.OP(O)F.OP(O)F.OP(O)F.OP(O)F.OP(O)F.OP(O)F. The van der Waals surface area contributed by atoms with Crippen LogP contribution in [0, 0.1) is 0 Å². The van der Waals surface area contributed by atoms with Crippen molar-refractivity contribution in [2.24, 2.45) is 0 Å². The highest BCUT2D eigenvalue weighted by molar-refractivity contribution is 7.75. The van der Waals surface area contributed by atoms with Gasteiger partial charge in [-0.05, 0) is 51.4 Å². The lowest BCUT2D eigenvalue weighted by Gasteiger charge is -2.28. The molecule has 0 aliphatic carbocycles. The molecule has 12 N–H and O–H groups in total. The van der Waals surface area contributed by atoms with Crippen molar-refractivity contribution >= 4 is 59.4 Å². The fourth-order valence-electron chi connectivity index (χ4n) is 5.58. The van der Waals surface area contributed by atoms with Gasteiger partial charge in [0, 0.05) is 7.26 Å². The third kappa shape index (κ3) is 126. The molecule has 0 saturated carbocycles. The first-order valence-corrected chi connectivity index (χ1v) is 28.9. The van der Waals surface area contributed by atoms with Gasteiger partial charge in [-0.1, -0.05) is 130 Å². The van der Waals surface area contributed by atoms with Crippen LogP contribution in [0.3, 0.4) is 0 Å². The number of halogens is 6. The van der Waals surface area contributed by atoms with E-state index in [-0.39, 0.29) is 0 Å². The summed E-state index contributed by atoms with van der Waals surface area (Å²) >= 11 is 0. The maximum atomic E-state index is 10.2. The molecule has 0 atom stereocenters. The molecular weight excluding hydrogens is 907 g/mol. The van der Waals surface area contributed by atoms with Crippen LogP contribution >= 0.6 is 59.4 Å². The Morgan fingerprint density at radius 1 is 0.246 bits per heavy atom. The molecular formula is C32H80F6O12P7+. The van der Waals surface area contributed by atoms with Gasteiger partial charge in [0.1, 0.15) is 0 Å². The van der Waals surface area contributed by atoms with Crippen LogP contribution in [-0.4, -0.2) is 83.4 Å². The predicted octanol–water partition coefficient (Wildman–Crippen LogP) is 13.5. The Morgan fingerprint density at radius 2 is 0.351 bits per heavy atom.